The van der Waals surface area contributed by atoms with Crippen LogP contribution in [-0.4, -0.2) is 81.8 Å². The van der Waals surface area contributed by atoms with Crippen molar-refractivity contribution < 1.29 is 22.7 Å². The molecule has 3 rings (SSSR count). The number of rotatable bonds is 7. The van der Waals surface area contributed by atoms with Crippen LogP contribution in [0.5, 0.6) is 5.75 Å². The second-order valence-electron chi connectivity index (χ2n) is 6.98. The van der Waals surface area contributed by atoms with Gasteiger partial charge < -0.3 is 19.7 Å². The quantitative estimate of drug-likeness (QED) is 0.702. The molecule has 156 valence electrons. The first-order valence-electron chi connectivity index (χ1n) is 9.33. The SMILES string of the molecule is CS(=O)(=O)N1CCN(C(=O)CNc2cc(Cl)ccc2OCC2CCCO2)CC1. The smallest absolute Gasteiger partial charge is 0.241 e. The minimum absolute atomic E-state index is 0.0789. The van der Waals surface area contributed by atoms with Crippen molar-refractivity contribution in [3.8, 4) is 5.75 Å². The van der Waals surface area contributed by atoms with E-state index in [9.17, 15) is 13.2 Å². The molecule has 8 nitrogen and oxygen atoms in total. The fourth-order valence-electron chi connectivity index (χ4n) is 3.28. The zero-order chi connectivity index (χ0) is 20.1. The molecule has 1 N–H and O–H groups in total. The van der Waals surface area contributed by atoms with Crippen LogP contribution < -0.4 is 10.1 Å². The molecule has 10 heteroatoms. The van der Waals surface area contributed by atoms with Crippen molar-refractivity contribution in [1.82, 2.24) is 9.21 Å². The van der Waals surface area contributed by atoms with Gasteiger partial charge in [0.2, 0.25) is 15.9 Å². The number of piperazine rings is 1. The van der Waals surface area contributed by atoms with Crippen molar-refractivity contribution in [2.75, 3.05) is 57.5 Å². The standard InChI is InChI=1S/C18H26ClN3O5S/c1-28(24,25)22-8-6-21(7-9-22)18(23)12-20-16-11-14(19)4-5-17(16)27-13-15-3-2-10-26-15/h4-5,11,15,20H,2-3,6-10,12-13H2,1H3. The van der Waals surface area contributed by atoms with Gasteiger partial charge >= 0.3 is 0 Å². The molecular formula is C18H26ClN3O5S. The molecule has 0 radical (unpaired) electrons. The number of anilines is 1. The van der Waals surface area contributed by atoms with Crippen molar-refractivity contribution in [2.45, 2.75) is 18.9 Å². The van der Waals surface area contributed by atoms with Gasteiger partial charge in [0.15, 0.2) is 0 Å². The summed E-state index contributed by atoms with van der Waals surface area (Å²) in [6.45, 7) is 2.69. The first-order valence-corrected chi connectivity index (χ1v) is 11.6. The second kappa shape index (κ2) is 9.30. The van der Waals surface area contributed by atoms with Crippen molar-refractivity contribution in [1.29, 1.82) is 0 Å². The molecule has 2 heterocycles. The number of sulfonamides is 1. The van der Waals surface area contributed by atoms with Crippen LogP contribution in [0.2, 0.25) is 5.02 Å². The van der Waals surface area contributed by atoms with Crippen LogP contribution in [0.25, 0.3) is 0 Å². The predicted molar refractivity (Wildman–Crippen MR) is 107 cm³/mol. The Morgan fingerprint density at radius 2 is 2.07 bits per heavy atom. The van der Waals surface area contributed by atoms with Crippen molar-refractivity contribution in [3.63, 3.8) is 0 Å². The third-order valence-corrected chi connectivity index (χ3v) is 6.42. The number of nitrogens with one attached hydrogen (secondary N) is 1. The lowest BCUT2D eigenvalue weighted by Gasteiger charge is -2.33. The minimum atomic E-state index is -3.22. The monoisotopic (exact) mass is 431 g/mol. The van der Waals surface area contributed by atoms with E-state index in [1.807, 2.05) is 0 Å². The molecule has 0 aromatic heterocycles. The highest BCUT2D eigenvalue weighted by Gasteiger charge is 2.26. The molecule has 2 fully saturated rings. The maximum atomic E-state index is 12.5. The molecule has 0 spiro atoms. The lowest BCUT2D eigenvalue weighted by Crippen LogP contribution is -2.51. The summed E-state index contributed by atoms with van der Waals surface area (Å²) in [6.07, 6.45) is 3.30. The van der Waals surface area contributed by atoms with Crippen LogP contribution in [0.15, 0.2) is 18.2 Å². The molecule has 2 aliphatic heterocycles. The van der Waals surface area contributed by atoms with Crippen molar-refractivity contribution in [2.24, 2.45) is 0 Å². The summed E-state index contributed by atoms with van der Waals surface area (Å²) in [7, 11) is -3.22. The van der Waals surface area contributed by atoms with Gasteiger partial charge in [-0.25, -0.2) is 8.42 Å². The van der Waals surface area contributed by atoms with Gasteiger partial charge in [-0.15, -0.1) is 0 Å². The Bertz CT molecular complexity index is 790. The Morgan fingerprint density at radius 1 is 1.32 bits per heavy atom. The number of halogens is 1. The molecule has 28 heavy (non-hydrogen) atoms. The molecule has 1 aromatic rings. The summed E-state index contributed by atoms with van der Waals surface area (Å²) in [5.74, 6) is 0.521. The van der Waals surface area contributed by atoms with Crippen molar-refractivity contribution in [3.05, 3.63) is 23.2 Å². The first kappa shape index (κ1) is 21.2. The van der Waals surface area contributed by atoms with Gasteiger partial charge in [-0.05, 0) is 31.0 Å². The summed E-state index contributed by atoms with van der Waals surface area (Å²) in [4.78, 5) is 14.2. The van der Waals surface area contributed by atoms with Crippen LogP contribution in [-0.2, 0) is 19.6 Å². The Hall–Kier alpha value is -1.55. The Morgan fingerprint density at radius 3 is 2.71 bits per heavy atom. The van der Waals surface area contributed by atoms with E-state index < -0.39 is 10.0 Å². The number of carbonyl (C=O) groups excluding carboxylic acids is 1. The van der Waals surface area contributed by atoms with Gasteiger partial charge in [-0.2, -0.15) is 4.31 Å². The zero-order valence-electron chi connectivity index (χ0n) is 15.9. The Labute approximate surface area is 170 Å². The number of benzene rings is 1. The molecule has 2 aliphatic rings. The van der Waals surface area contributed by atoms with Crippen molar-refractivity contribution >= 4 is 33.2 Å². The largest absolute Gasteiger partial charge is 0.489 e. The van der Waals surface area contributed by atoms with Crippen LogP contribution in [0.1, 0.15) is 12.8 Å². The fourth-order valence-corrected chi connectivity index (χ4v) is 4.28. The number of nitrogens with zero attached hydrogens (tertiary/aromatic N) is 2. The van der Waals surface area contributed by atoms with Crippen LogP contribution in [0.3, 0.4) is 0 Å². The predicted octanol–water partition coefficient (Wildman–Crippen LogP) is 1.41. The Kier molecular flexibility index (Phi) is 7.03. The lowest BCUT2D eigenvalue weighted by molar-refractivity contribution is -0.130. The fraction of sp³-hybridized carbons (Fsp3) is 0.611. The second-order valence-corrected chi connectivity index (χ2v) is 9.40. The number of hydrogen-bond acceptors (Lipinski definition) is 6. The van der Waals surface area contributed by atoms with Gasteiger partial charge in [0, 0.05) is 37.8 Å². The maximum absolute atomic E-state index is 12.5. The number of carbonyl (C=O) groups is 1. The van der Waals surface area contributed by atoms with Gasteiger partial charge in [0.05, 0.1) is 24.6 Å². The van der Waals surface area contributed by atoms with Gasteiger partial charge in [0.25, 0.3) is 0 Å². The maximum Gasteiger partial charge on any atom is 0.241 e. The number of amides is 1. The van der Waals surface area contributed by atoms with Crippen LogP contribution in [0.4, 0.5) is 5.69 Å². The average molecular weight is 432 g/mol. The third-order valence-electron chi connectivity index (χ3n) is 4.88. The van der Waals surface area contributed by atoms with Gasteiger partial charge in [-0.1, -0.05) is 11.6 Å². The highest BCUT2D eigenvalue weighted by Crippen LogP contribution is 2.29. The molecular weight excluding hydrogens is 406 g/mol. The molecule has 1 unspecified atom stereocenters. The Balaban J connectivity index is 1.53. The van der Waals surface area contributed by atoms with E-state index in [1.165, 1.54) is 10.6 Å². The molecule has 0 bridgehead atoms. The molecule has 1 amide bonds. The molecule has 1 atom stereocenters. The van der Waals surface area contributed by atoms with Crippen LogP contribution >= 0.6 is 11.6 Å². The normalized spacial score (nSPS) is 20.9. The lowest BCUT2D eigenvalue weighted by atomic mass is 10.2. The zero-order valence-corrected chi connectivity index (χ0v) is 17.5. The van der Waals surface area contributed by atoms with E-state index in [1.54, 1.807) is 23.1 Å². The molecule has 1 aromatic carbocycles. The van der Waals surface area contributed by atoms with E-state index in [-0.39, 0.29) is 18.6 Å². The van der Waals surface area contributed by atoms with E-state index in [2.05, 4.69) is 5.32 Å². The summed E-state index contributed by atoms with van der Waals surface area (Å²) >= 11 is 6.09. The summed E-state index contributed by atoms with van der Waals surface area (Å²) in [5, 5.41) is 3.64. The summed E-state index contributed by atoms with van der Waals surface area (Å²) < 4.78 is 36.0. The highest BCUT2D eigenvalue weighted by molar-refractivity contribution is 7.88. The van der Waals surface area contributed by atoms with Crippen LogP contribution in [0, 0.1) is 0 Å². The highest BCUT2D eigenvalue weighted by atomic mass is 35.5. The average Bonchev–Trinajstić information content (AvgIpc) is 3.18. The minimum Gasteiger partial charge on any atom is -0.489 e. The number of hydrogen-bond donors (Lipinski definition) is 1. The first-order chi connectivity index (χ1) is 13.3. The number of ether oxygens (including phenoxy) is 2. The van der Waals surface area contributed by atoms with E-state index >= 15 is 0 Å². The summed E-state index contributed by atoms with van der Waals surface area (Å²) in [6, 6.07) is 5.24. The van der Waals surface area contributed by atoms with Gasteiger partial charge in [0.1, 0.15) is 12.4 Å². The molecule has 0 saturated carbocycles. The van der Waals surface area contributed by atoms with E-state index in [4.69, 9.17) is 21.1 Å². The van der Waals surface area contributed by atoms with E-state index in [0.717, 1.165) is 19.4 Å². The molecule has 2 saturated heterocycles. The topological polar surface area (TPSA) is 88.2 Å². The summed E-state index contributed by atoms with van der Waals surface area (Å²) in [5.41, 5.74) is 0.647. The molecule has 0 aliphatic carbocycles. The third kappa shape index (κ3) is 5.73. The van der Waals surface area contributed by atoms with Gasteiger partial charge in [-0.3, -0.25) is 4.79 Å². The van der Waals surface area contributed by atoms with E-state index in [0.29, 0.717) is 49.2 Å².